The Hall–Kier alpha value is -3.13. The van der Waals surface area contributed by atoms with E-state index in [1.807, 2.05) is 6.07 Å². The van der Waals surface area contributed by atoms with Crippen LogP contribution in [-0.2, 0) is 16.6 Å². The topological polar surface area (TPSA) is 90.2 Å². The van der Waals surface area contributed by atoms with Gasteiger partial charge in [-0.05, 0) is 37.1 Å². The lowest BCUT2D eigenvalue weighted by Gasteiger charge is -2.25. The summed E-state index contributed by atoms with van der Waals surface area (Å²) < 4.78 is 40.6. The number of methoxy groups -OCH3 is 2. The Bertz CT molecular complexity index is 1420. The van der Waals surface area contributed by atoms with Gasteiger partial charge in [0.15, 0.2) is 16.3 Å². The first-order valence-electron chi connectivity index (χ1n) is 10.8. The van der Waals surface area contributed by atoms with E-state index < -0.39 is 15.9 Å². The number of carbonyl (C=O) groups excluding carboxylic acids is 1. The molecule has 1 aliphatic heterocycles. The smallest absolute Gasteiger partial charge is 0.279 e. The predicted molar refractivity (Wildman–Crippen MR) is 131 cm³/mol. The highest BCUT2D eigenvalue weighted by molar-refractivity contribution is 7.89. The summed E-state index contributed by atoms with van der Waals surface area (Å²) in [5.74, 6) is 3.21. The molecule has 2 aromatic carbocycles. The van der Waals surface area contributed by atoms with E-state index >= 15 is 0 Å². The molecule has 1 amide bonds. The van der Waals surface area contributed by atoms with Crippen LogP contribution >= 0.6 is 11.3 Å². The highest BCUT2D eigenvalue weighted by atomic mass is 32.2. The quantitative estimate of drug-likeness (QED) is 0.486. The van der Waals surface area contributed by atoms with E-state index in [2.05, 4.69) is 10.9 Å². The molecule has 0 atom stereocenters. The number of nitrogens with zero attached hydrogens (tertiary/aromatic N) is 3. The summed E-state index contributed by atoms with van der Waals surface area (Å²) in [6.07, 6.45) is 8.32. The van der Waals surface area contributed by atoms with Gasteiger partial charge in [-0.3, -0.25) is 4.79 Å². The number of hydrogen-bond acceptors (Lipinski definition) is 6. The molecule has 1 aliphatic rings. The van der Waals surface area contributed by atoms with Crippen LogP contribution in [-0.4, -0.2) is 50.5 Å². The largest absolute Gasteiger partial charge is 0.493 e. The molecule has 0 spiro atoms. The van der Waals surface area contributed by atoms with Gasteiger partial charge in [-0.25, -0.2) is 8.42 Å². The lowest BCUT2D eigenvalue weighted by atomic mass is 10.2. The van der Waals surface area contributed by atoms with E-state index in [4.69, 9.17) is 15.9 Å². The van der Waals surface area contributed by atoms with Crippen LogP contribution in [0.2, 0.25) is 0 Å². The van der Waals surface area contributed by atoms with Crippen molar-refractivity contribution in [3.63, 3.8) is 0 Å². The number of carbonyl (C=O) groups is 1. The maximum atomic E-state index is 12.9. The van der Waals surface area contributed by atoms with E-state index in [0.717, 1.165) is 29.5 Å². The number of piperidine rings is 1. The minimum absolute atomic E-state index is 0.175. The molecule has 10 heteroatoms. The second-order valence-electron chi connectivity index (χ2n) is 7.76. The van der Waals surface area contributed by atoms with Crippen molar-refractivity contribution in [2.45, 2.75) is 30.7 Å². The molecule has 0 aliphatic carbocycles. The number of hydrogen-bond donors (Lipinski definition) is 0. The van der Waals surface area contributed by atoms with Crippen molar-refractivity contribution in [2.24, 2.45) is 4.99 Å². The van der Waals surface area contributed by atoms with Crippen molar-refractivity contribution in [1.82, 2.24) is 8.87 Å². The summed E-state index contributed by atoms with van der Waals surface area (Å²) in [5.41, 5.74) is 1.06. The summed E-state index contributed by atoms with van der Waals surface area (Å²) in [6, 6.07) is 9.52. The van der Waals surface area contributed by atoms with E-state index in [1.165, 1.54) is 39.9 Å². The monoisotopic (exact) mass is 499 g/mol. The van der Waals surface area contributed by atoms with E-state index in [-0.39, 0.29) is 17.0 Å². The van der Waals surface area contributed by atoms with Crippen LogP contribution in [0.1, 0.15) is 29.6 Å². The average Bonchev–Trinajstić information content (AvgIpc) is 3.19. The van der Waals surface area contributed by atoms with Crippen molar-refractivity contribution in [1.29, 1.82) is 0 Å². The zero-order valence-corrected chi connectivity index (χ0v) is 20.6. The maximum Gasteiger partial charge on any atom is 0.279 e. The number of fused-ring (bicyclic) bond motifs is 1. The molecule has 3 aromatic rings. The van der Waals surface area contributed by atoms with Crippen molar-refractivity contribution in [3.05, 3.63) is 46.8 Å². The summed E-state index contributed by atoms with van der Waals surface area (Å²) >= 11 is 1.30. The Morgan fingerprint density at radius 2 is 1.74 bits per heavy atom. The number of aromatic nitrogens is 1. The molecular formula is C24H25N3O5S2. The lowest BCUT2D eigenvalue weighted by Crippen LogP contribution is -2.35. The van der Waals surface area contributed by atoms with Crippen molar-refractivity contribution < 1.29 is 22.7 Å². The van der Waals surface area contributed by atoms with Crippen LogP contribution in [0.15, 0.2) is 46.3 Å². The van der Waals surface area contributed by atoms with Crippen molar-refractivity contribution in [3.8, 4) is 23.8 Å². The molecule has 1 saturated heterocycles. The number of amides is 1. The third kappa shape index (κ3) is 4.59. The Morgan fingerprint density at radius 3 is 2.35 bits per heavy atom. The van der Waals surface area contributed by atoms with E-state index in [9.17, 15) is 13.2 Å². The molecule has 4 rings (SSSR count). The molecule has 1 aromatic heterocycles. The fourth-order valence-electron chi connectivity index (χ4n) is 3.90. The average molecular weight is 500 g/mol. The fraction of sp³-hybridized carbons (Fsp3) is 0.333. The first-order chi connectivity index (χ1) is 16.4. The summed E-state index contributed by atoms with van der Waals surface area (Å²) in [4.78, 5) is 17.8. The predicted octanol–water partition coefficient (Wildman–Crippen LogP) is 3.27. The lowest BCUT2D eigenvalue weighted by molar-refractivity contribution is 0.0998. The normalized spacial score (nSPS) is 15.3. The summed E-state index contributed by atoms with van der Waals surface area (Å²) in [5, 5.41) is 0. The van der Waals surface area contributed by atoms with E-state index in [1.54, 1.807) is 24.9 Å². The van der Waals surface area contributed by atoms with Gasteiger partial charge < -0.3 is 14.0 Å². The van der Waals surface area contributed by atoms with Crippen LogP contribution in [0.25, 0.3) is 10.2 Å². The van der Waals surface area contributed by atoms with Gasteiger partial charge in [0.05, 0.1) is 35.9 Å². The number of benzene rings is 2. The maximum absolute atomic E-state index is 12.9. The molecule has 1 fully saturated rings. The molecule has 0 bridgehead atoms. The molecule has 8 nitrogen and oxygen atoms in total. The first kappa shape index (κ1) is 24.0. The second kappa shape index (κ2) is 10.0. The minimum Gasteiger partial charge on any atom is -0.493 e. The standard InChI is InChI=1S/C24H25N3O5S2/c1-4-12-27-19-15-20(31-2)21(32-3)16-22(19)33-24(27)25-23(28)17-8-10-18(11-9-17)34(29,30)26-13-6-5-7-14-26/h1,8-11,15-16H,5-7,12-14H2,2-3H3. The van der Waals surface area contributed by atoms with Gasteiger partial charge in [-0.2, -0.15) is 9.30 Å². The van der Waals surface area contributed by atoms with Crippen LogP contribution < -0.4 is 14.3 Å². The Kier molecular flexibility index (Phi) is 7.07. The molecule has 178 valence electrons. The Labute approximate surface area is 202 Å². The molecule has 0 N–H and O–H groups in total. The minimum atomic E-state index is -3.56. The van der Waals surface area contributed by atoms with Crippen molar-refractivity contribution >= 4 is 37.5 Å². The van der Waals surface area contributed by atoms with Crippen LogP contribution in [0.3, 0.4) is 0 Å². The first-order valence-corrected chi connectivity index (χ1v) is 13.0. The SMILES string of the molecule is C#CCn1c(=NC(=O)c2ccc(S(=O)(=O)N3CCCCC3)cc2)sc2cc(OC)c(OC)cc21. The highest BCUT2D eigenvalue weighted by Crippen LogP contribution is 2.33. The van der Waals surface area contributed by atoms with Crippen LogP contribution in [0.5, 0.6) is 11.5 Å². The highest BCUT2D eigenvalue weighted by Gasteiger charge is 2.26. The van der Waals surface area contributed by atoms with Gasteiger partial charge in [0, 0.05) is 30.8 Å². The summed E-state index contributed by atoms with van der Waals surface area (Å²) in [6.45, 7) is 1.26. The van der Waals surface area contributed by atoms with Gasteiger partial charge in [-0.15, -0.1) is 6.42 Å². The third-order valence-electron chi connectivity index (χ3n) is 5.69. The van der Waals surface area contributed by atoms with Gasteiger partial charge >= 0.3 is 0 Å². The number of thiazole rings is 1. The molecule has 34 heavy (non-hydrogen) atoms. The van der Waals surface area contributed by atoms with Gasteiger partial charge in [0.25, 0.3) is 5.91 Å². The molecular weight excluding hydrogens is 474 g/mol. The number of sulfonamides is 1. The van der Waals surface area contributed by atoms with Crippen molar-refractivity contribution in [2.75, 3.05) is 27.3 Å². The molecule has 0 radical (unpaired) electrons. The van der Waals surface area contributed by atoms with Gasteiger partial charge in [0.1, 0.15) is 0 Å². The number of rotatable bonds is 6. The number of terminal acetylenes is 1. The van der Waals surface area contributed by atoms with Gasteiger partial charge in [-0.1, -0.05) is 23.7 Å². The second-order valence-corrected chi connectivity index (χ2v) is 10.7. The Balaban J connectivity index is 1.69. The molecule has 2 heterocycles. The third-order valence-corrected chi connectivity index (χ3v) is 8.64. The van der Waals surface area contributed by atoms with Crippen LogP contribution in [0, 0.1) is 12.3 Å². The molecule has 0 unspecified atom stereocenters. The summed E-state index contributed by atoms with van der Waals surface area (Å²) in [7, 11) is -0.465. The fourth-order valence-corrected chi connectivity index (χ4v) is 6.46. The zero-order chi connectivity index (χ0) is 24.3. The zero-order valence-electron chi connectivity index (χ0n) is 19.0. The van der Waals surface area contributed by atoms with Gasteiger partial charge in [0.2, 0.25) is 10.0 Å². The van der Waals surface area contributed by atoms with Crippen LogP contribution in [0.4, 0.5) is 0 Å². The van der Waals surface area contributed by atoms with E-state index in [0.29, 0.717) is 29.4 Å². The Morgan fingerprint density at radius 1 is 1.09 bits per heavy atom. The number of ether oxygens (including phenoxy) is 2. The molecule has 0 saturated carbocycles.